The number of likely N-dealkylation sites (N-methyl/N-ethyl adjacent to an activating group) is 1. The molecule has 0 bridgehead atoms. The van der Waals surface area contributed by atoms with Gasteiger partial charge in [-0.05, 0) is 33.2 Å². The summed E-state index contributed by atoms with van der Waals surface area (Å²) in [5.41, 5.74) is -0.617. The fourth-order valence-electron chi connectivity index (χ4n) is 2.60. The number of carbonyl (C=O) groups is 2. The topological polar surface area (TPSA) is 69.6 Å². The Morgan fingerprint density at radius 1 is 1.39 bits per heavy atom. The standard InChI is InChI=1S/C13H24N2O3/c1-4-5-13(12(17)18)6-8-15(9-7-13)11(16)10(2)14-3/h10,14H,4-9H2,1-3H3,(H,17,18). The molecule has 1 saturated heterocycles. The number of amides is 1. The number of piperidine rings is 1. The molecular formula is C13H24N2O3. The van der Waals surface area contributed by atoms with Gasteiger partial charge in [-0.3, -0.25) is 9.59 Å². The molecule has 0 radical (unpaired) electrons. The average Bonchev–Trinajstić information content (AvgIpc) is 2.38. The summed E-state index contributed by atoms with van der Waals surface area (Å²) in [7, 11) is 1.76. The molecule has 0 aromatic carbocycles. The van der Waals surface area contributed by atoms with E-state index in [1.54, 1.807) is 11.9 Å². The van der Waals surface area contributed by atoms with Crippen LogP contribution in [0.25, 0.3) is 0 Å². The maximum absolute atomic E-state index is 12.0. The van der Waals surface area contributed by atoms with Gasteiger partial charge in [0.25, 0.3) is 0 Å². The highest BCUT2D eigenvalue weighted by Crippen LogP contribution is 2.36. The Morgan fingerprint density at radius 2 is 1.94 bits per heavy atom. The predicted octanol–water partition coefficient (Wildman–Crippen LogP) is 1.09. The van der Waals surface area contributed by atoms with Crippen molar-refractivity contribution in [3.8, 4) is 0 Å². The summed E-state index contributed by atoms with van der Waals surface area (Å²) in [6.45, 7) is 4.94. The van der Waals surface area contributed by atoms with Crippen LogP contribution < -0.4 is 5.32 Å². The van der Waals surface area contributed by atoms with E-state index >= 15 is 0 Å². The third kappa shape index (κ3) is 3.02. The van der Waals surface area contributed by atoms with Gasteiger partial charge in [-0.2, -0.15) is 0 Å². The molecule has 0 saturated carbocycles. The number of rotatable bonds is 5. The molecule has 5 nitrogen and oxygen atoms in total. The molecule has 0 aromatic rings. The Balaban J connectivity index is 2.63. The van der Waals surface area contributed by atoms with Crippen molar-refractivity contribution in [3.63, 3.8) is 0 Å². The lowest BCUT2D eigenvalue weighted by molar-refractivity contribution is -0.155. The number of hydrogen-bond donors (Lipinski definition) is 2. The molecule has 1 fully saturated rings. The molecule has 0 spiro atoms. The number of hydrogen-bond acceptors (Lipinski definition) is 3. The first-order valence-electron chi connectivity index (χ1n) is 6.66. The number of nitrogens with zero attached hydrogens (tertiary/aromatic N) is 1. The van der Waals surface area contributed by atoms with Crippen LogP contribution in [0, 0.1) is 5.41 Å². The van der Waals surface area contributed by atoms with Gasteiger partial charge >= 0.3 is 5.97 Å². The van der Waals surface area contributed by atoms with Crippen molar-refractivity contribution in [2.75, 3.05) is 20.1 Å². The summed E-state index contributed by atoms with van der Waals surface area (Å²) in [5.74, 6) is -0.647. The van der Waals surface area contributed by atoms with Gasteiger partial charge < -0.3 is 15.3 Å². The van der Waals surface area contributed by atoms with Crippen molar-refractivity contribution < 1.29 is 14.7 Å². The van der Waals surface area contributed by atoms with Gasteiger partial charge in [0.2, 0.25) is 5.91 Å². The Kier molecular flexibility index (Phi) is 5.14. The van der Waals surface area contributed by atoms with E-state index in [2.05, 4.69) is 5.32 Å². The number of likely N-dealkylation sites (tertiary alicyclic amines) is 1. The van der Waals surface area contributed by atoms with Crippen LogP contribution in [-0.2, 0) is 9.59 Å². The molecule has 1 heterocycles. The minimum Gasteiger partial charge on any atom is -0.481 e. The smallest absolute Gasteiger partial charge is 0.309 e. The third-order valence-corrected chi connectivity index (χ3v) is 4.02. The molecule has 1 amide bonds. The minimum absolute atomic E-state index is 0.0630. The van der Waals surface area contributed by atoms with Crippen LogP contribution in [-0.4, -0.2) is 48.1 Å². The highest BCUT2D eigenvalue weighted by molar-refractivity contribution is 5.82. The lowest BCUT2D eigenvalue weighted by atomic mass is 9.75. The van der Waals surface area contributed by atoms with Gasteiger partial charge in [0.05, 0.1) is 11.5 Å². The van der Waals surface area contributed by atoms with Crippen LogP contribution in [0.15, 0.2) is 0 Å². The van der Waals surface area contributed by atoms with Crippen LogP contribution in [0.1, 0.15) is 39.5 Å². The van der Waals surface area contributed by atoms with E-state index in [1.807, 2.05) is 13.8 Å². The molecule has 18 heavy (non-hydrogen) atoms. The summed E-state index contributed by atoms with van der Waals surface area (Å²) in [5, 5.41) is 12.3. The monoisotopic (exact) mass is 256 g/mol. The number of carbonyl (C=O) groups excluding carboxylic acids is 1. The second-order valence-corrected chi connectivity index (χ2v) is 5.17. The lowest BCUT2D eigenvalue weighted by Gasteiger charge is -2.39. The summed E-state index contributed by atoms with van der Waals surface area (Å²) >= 11 is 0. The first kappa shape index (κ1) is 15.0. The number of aliphatic carboxylic acids is 1. The highest BCUT2D eigenvalue weighted by atomic mass is 16.4. The number of carboxylic acids is 1. The summed E-state index contributed by atoms with van der Waals surface area (Å²) < 4.78 is 0. The minimum atomic E-state index is -0.710. The second-order valence-electron chi connectivity index (χ2n) is 5.17. The quantitative estimate of drug-likeness (QED) is 0.772. The van der Waals surface area contributed by atoms with Crippen LogP contribution in [0.4, 0.5) is 0 Å². The molecule has 1 aliphatic heterocycles. The van der Waals surface area contributed by atoms with E-state index < -0.39 is 11.4 Å². The zero-order valence-electron chi connectivity index (χ0n) is 11.5. The molecule has 104 valence electrons. The van der Waals surface area contributed by atoms with Gasteiger partial charge in [0, 0.05) is 13.1 Å². The van der Waals surface area contributed by atoms with E-state index in [9.17, 15) is 14.7 Å². The highest BCUT2D eigenvalue weighted by Gasteiger charge is 2.41. The summed E-state index contributed by atoms with van der Waals surface area (Å²) in [6, 6.07) is -0.200. The second kappa shape index (κ2) is 6.18. The van der Waals surface area contributed by atoms with Gasteiger partial charge in [-0.15, -0.1) is 0 Å². The Morgan fingerprint density at radius 3 is 2.33 bits per heavy atom. The Labute approximate surface area is 109 Å². The van der Waals surface area contributed by atoms with E-state index in [4.69, 9.17) is 0 Å². The fourth-order valence-corrected chi connectivity index (χ4v) is 2.60. The van der Waals surface area contributed by atoms with Crippen LogP contribution in [0.3, 0.4) is 0 Å². The molecule has 1 atom stereocenters. The third-order valence-electron chi connectivity index (χ3n) is 4.02. The first-order chi connectivity index (χ1) is 8.46. The number of nitrogens with one attached hydrogen (secondary N) is 1. The van der Waals surface area contributed by atoms with Gasteiger partial charge in [0.1, 0.15) is 0 Å². The fraction of sp³-hybridized carbons (Fsp3) is 0.846. The lowest BCUT2D eigenvalue weighted by Crippen LogP contribution is -2.51. The van der Waals surface area contributed by atoms with Crippen molar-refractivity contribution in [2.24, 2.45) is 5.41 Å². The van der Waals surface area contributed by atoms with Crippen molar-refractivity contribution >= 4 is 11.9 Å². The molecule has 5 heteroatoms. The van der Waals surface area contributed by atoms with Crippen molar-refractivity contribution in [3.05, 3.63) is 0 Å². The van der Waals surface area contributed by atoms with Crippen LogP contribution >= 0.6 is 0 Å². The molecule has 1 rings (SSSR count). The molecular weight excluding hydrogens is 232 g/mol. The number of carboxylic acid groups (broad SMARTS) is 1. The SMILES string of the molecule is CCCC1(C(=O)O)CCN(C(=O)C(C)NC)CC1. The molecule has 1 aliphatic rings. The van der Waals surface area contributed by atoms with Gasteiger partial charge in [-0.25, -0.2) is 0 Å². The first-order valence-corrected chi connectivity index (χ1v) is 6.66. The zero-order chi connectivity index (χ0) is 13.8. The largest absolute Gasteiger partial charge is 0.481 e. The van der Waals surface area contributed by atoms with Crippen LogP contribution in [0.2, 0.25) is 0 Å². The zero-order valence-corrected chi connectivity index (χ0v) is 11.5. The van der Waals surface area contributed by atoms with Crippen molar-refractivity contribution in [2.45, 2.75) is 45.6 Å². The molecule has 1 unspecified atom stereocenters. The molecule has 0 aromatic heterocycles. The van der Waals surface area contributed by atoms with Crippen molar-refractivity contribution in [1.82, 2.24) is 10.2 Å². The van der Waals surface area contributed by atoms with E-state index in [0.717, 1.165) is 6.42 Å². The molecule has 2 N–H and O–H groups in total. The van der Waals surface area contributed by atoms with Crippen molar-refractivity contribution in [1.29, 1.82) is 0 Å². The summed E-state index contributed by atoms with van der Waals surface area (Å²) in [4.78, 5) is 25.2. The average molecular weight is 256 g/mol. The Hall–Kier alpha value is -1.10. The maximum Gasteiger partial charge on any atom is 0.309 e. The summed E-state index contributed by atoms with van der Waals surface area (Å²) in [6.07, 6.45) is 2.70. The normalized spacial score (nSPS) is 20.5. The maximum atomic E-state index is 12.0. The predicted molar refractivity (Wildman–Crippen MR) is 69.3 cm³/mol. The van der Waals surface area contributed by atoms with E-state index in [-0.39, 0.29) is 11.9 Å². The van der Waals surface area contributed by atoms with E-state index in [1.165, 1.54) is 0 Å². The van der Waals surface area contributed by atoms with Gasteiger partial charge in [0.15, 0.2) is 0 Å². The van der Waals surface area contributed by atoms with Gasteiger partial charge in [-0.1, -0.05) is 13.3 Å². The Bertz CT molecular complexity index is 309. The van der Waals surface area contributed by atoms with Crippen LogP contribution in [0.5, 0.6) is 0 Å². The molecule has 0 aliphatic carbocycles. The van der Waals surface area contributed by atoms with E-state index in [0.29, 0.717) is 32.4 Å².